The molecule has 0 saturated heterocycles. The zero-order chi connectivity index (χ0) is 16.5. The predicted molar refractivity (Wildman–Crippen MR) is 92.2 cm³/mol. The van der Waals surface area contributed by atoms with E-state index in [2.05, 4.69) is 17.2 Å². The van der Waals surface area contributed by atoms with Crippen molar-refractivity contribution >= 4 is 5.91 Å². The number of hydrogen-bond donors (Lipinski definition) is 1. The summed E-state index contributed by atoms with van der Waals surface area (Å²) in [6, 6.07) is 10.0. The molecule has 0 aliphatic heterocycles. The lowest BCUT2D eigenvalue weighted by Gasteiger charge is -2.28. The summed E-state index contributed by atoms with van der Waals surface area (Å²) in [6.07, 6.45) is 7.26. The minimum absolute atomic E-state index is 0.0400. The molecule has 1 aromatic carbocycles. The Morgan fingerprint density at radius 2 is 2.12 bits per heavy atom. The van der Waals surface area contributed by atoms with Crippen molar-refractivity contribution in [1.29, 1.82) is 0 Å². The van der Waals surface area contributed by atoms with E-state index in [1.807, 2.05) is 30.3 Å². The third-order valence-electron chi connectivity index (χ3n) is 5.74. The van der Waals surface area contributed by atoms with Crippen molar-refractivity contribution in [2.45, 2.75) is 45.1 Å². The van der Waals surface area contributed by atoms with Gasteiger partial charge < -0.3 is 9.73 Å². The van der Waals surface area contributed by atoms with Crippen LogP contribution in [-0.4, -0.2) is 16.9 Å². The molecule has 2 aromatic rings. The van der Waals surface area contributed by atoms with Crippen LogP contribution >= 0.6 is 0 Å². The molecule has 2 aliphatic carbocycles. The number of fused-ring (bicyclic) bond motifs is 2. The maximum absolute atomic E-state index is 12.3. The number of benzene rings is 1. The fourth-order valence-electron chi connectivity index (χ4n) is 4.58. The number of amides is 1. The molecule has 4 atom stereocenters. The summed E-state index contributed by atoms with van der Waals surface area (Å²) in [4.78, 5) is 16.8. The molecule has 2 saturated carbocycles. The number of nitrogens with one attached hydrogen (secondary N) is 1. The highest BCUT2D eigenvalue weighted by Crippen LogP contribution is 2.49. The number of carbonyl (C=O) groups is 1. The Morgan fingerprint density at radius 1 is 1.29 bits per heavy atom. The van der Waals surface area contributed by atoms with Gasteiger partial charge >= 0.3 is 0 Å². The number of aromatic nitrogens is 1. The molecule has 2 fully saturated rings. The molecule has 0 radical (unpaired) electrons. The molecule has 1 heterocycles. The lowest BCUT2D eigenvalue weighted by molar-refractivity contribution is -0.121. The van der Waals surface area contributed by atoms with Crippen LogP contribution < -0.4 is 5.32 Å². The summed E-state index contributed by atoms with van der Waals surface area (Å²) in [5, 5.41) is 3.18. The van der Waals surface area contributed by atoms with Gasteiger partial charge in [0.1, 0.15) is 6.26 Å². The van der Waals surface area contributed by atoms with E-state index in [1.165, 1.54) is 25.7 Å². The first-order valence-electron chi connectivity index (χ1n) is 8.98. The largest absolute Gasteiger partial charge is 0.444 e. The SMILES string of the molecule is C[C@@H](NC(=O)Cc1coc(-c2ccccc2)n1)[C@@H]1C[C@H]2CC[C@H]1C2. The summed E-state index contributed by atoms with van der Waals surface area (Å²) in [5.41, 5.74) is 1.62. The van der Waals surface area contributed by atoms with E-state index in [0.717, 1.165) is 17.4 Å². The molecule has 2 aliphatic rings. The second-order valence-electron chi connectivity index (χ2n) is 7.38. The Hall–Kier alpha value is -2.10. The summed E-state index contributed by atoms with van der Waals surface area (Å²) in [6.45, 7) is 2.15. The molecule has 2 bridgehead atoms. The smallest absolute Gasteiger partial charge is 0.226 e. The second-order valence-corrected chi connectivity index (χ2v) is 7.38. The average molecular weight is 324 g/mol. The quantitative estimate of drug-likeness (QED) is 0.909. The Balaban J connectivity index is 1.34. The number of carbonyl (C=O) groups excluding carboxylic acids is 1. The lowest BCUT2D eigenvalue weighted by Crippen LogP contribution is -2.40. The standard InChI is InChI=1S/C20H24N2O2/c1-13(18-10-14-7-8-16(18)9-14)21-19(23)11-17-12-24-20(22-17)15-5-3-2-4-6-15/h2-6,12-14,16,18H,7-11H2,1H3,(H,21,23)/t13-,14+,16+,18+/m1/s1. The van der Waals surface area contributed by atoms with Crippen LogP contribution in [0.5, 0.6) is 0 Å². The minimum atomic E-state index is 0.0400. The molecule has 1 N–H and O–H groups in total. The van der Waals surface area contributed by atoms with Gasteiger partial charge in [-0.05, 0) is 56.1 Å². The topological polar surface area (TPSA) is 55.1 Å². The Kier molecular flexibility index (Phi) is 4.13. The molecule has 4 nitrogen and oxygen atoms in total. The van der Waals surface area contributed by atoms with Crippen LogP contribution in [0.25, 0.3) is 11.5 Å². The number of hydrogen-bond acceptors (Lipinski definition) is 3. The van der Waals surface area contributed by atoms with Crippen molar-refractivity contribution in [2.75, 3.05) is 0 Å². The maximum Gasteiger partial charge on any atom is 0.226 e. The van der Waals surface area contributed by atoms with Crippen molar-refractivity contribution < 1.29 is 9.21 Å². The molecule has 0 unspecified atom stereocenters. The van der Waals surface area contributed by atoms with Crippen molar-refractivity contribution in [3.05, 3.63) is 42.3 Å². The molecule has 24 heavy (non-hydrogen) atoms. The molecular weight excluding hydrogens is 300 g/mol. The van der Waals surface area contributed by atoms with E-state index >= 15 is 0 Å². The summed E-state index contributed by atoms with van der Waals surface area (Å²) >= 11 is 0. The lowest BCUT2D eigenvalue weighted by atomic mass is 9.84. The maximum atomic E-state index is 12.3. The Morgan fingerprint density at radius 3 is 2.83 bits per heavy atom. The fraction of sp³-hybridized carbons (Fsp3) is 0.500. The van der Waals surface area contributed by atoms with Crippen LogP contribution in [0.1, 0.15) is 38.3 Å². The van der Waals surface area contributed by atoms with Gasteiger partial charge in [0.05, 0.1) is 12.1 Å². The van der Waals surface area contributed by atoms with E-state index < -0.39 is 0 Å². The minimum Gasteiger partial charge on any atom is -0.444 e. The van der Waals surface area contributed by atoms with Crippen molar-refractivity contribution in [3.63, 3.8) is 0 Å². The van der Waals surface area contributed by atoms with Crippen LogP contribution in [-0.2, 0) is 11.2 Å². The van der Waals surface area contributed by atoms with E-state index in [9.17, 15) is 4.79 Å². The molecular formula is C20H24N2O2. The fourth-order valence-corrected chi connectivity index (χ4v) is 4.58. The van der Waals surface area contributed by atoms with Crippen LogP contribution in [0.2, 0.25) is 0 Å². The van der Waals surface area contributed by atoms with E-state index in [1.54, 1.807) is 6.26 Å². The highest BCUT2D eigenvalue weighted by Gasteiger charge is 2.42. The van der Waals surface area contributed by atoms with Gasteiger partial charge in [-0.15, -0.1) is 0 Å². The number of rotatable bonds is 5. The van der Waals surface area contributed by atoms with Gasteiger partial charge in [-0.2, -0.15) is 0 Å². The zero-order valence-electron chi connectivity index (χ0n) is 14.1. The monoisotopic (exact) mass is 324 g/mol. The third-order valence-corrected chi connectivity index (χ3v) is 5.74. The predicted octanol–water partition coefficient (Wildman–Crippen LogP) is 3.83. The number of oxazole rings is 1. The van der Waals surface area contributed by atoms with Crippen LogP contribution in [0.4, 0.5) is 0 Å². The van der Waals surface area contributed by atoms with Crippen molar-refractivity contribution in [1.82, 2.24) is 10.3 Å². The second kappa shape index (κ2) is 6.42. The summed E-state index contributed by atoms with van der Waals surface area (Å²) in [5.74, 6) is 2.99. The molecule has 1 amide bonds. The van der Waals surface area contributed by atoms with Gasteiger partial charge in [-0.25, -0.2) is 4.98 Å². The number of nitrogens with zero attached hydrogens (tertiary/aromatic N) is 1. The van der Waals surface area contributed by atoms with Gasteiger partial charge in [-0.1, -0.05) is 24.6 Å². The third kappa shape index (κ3) is 3.10. The van der Waals surface area contributed by atoms with Crippen molar-refractivity contribution in [3.8, 4) is 11.5 Å². The van der Waals surface area contributed by atoms with Gasteiger partial charge in [0, 0.05) is 11.6 Å². The average Bonchev–Trinajstić information content (AvgIpc) is 3.32. The molecule has 4 rings (SSSR count). The summed E-state index contributed by atoms with van der Waals surface area (Å²) < 4.78 is 5.51. The molecule has 0 spiro atoms. The first-order chi connectivity index (χ1) is 11.7. The van der Waals surface area contributed by atoms with Gasteiger partial charge in [0.15, 0.2) is 0 Å². The van der Waals surface area contributed by atoms with Crippen molar-refractivity contribution in [2.24, 2.45) is 17.8 Å². The highest BCUT2D eigenvalue weighted by atomic mass is 16.3. The molecule has 4 heteroatoms. The molecule has 1 aromatic heterocycles. The van der Waals surface area contributed by atoms with E-state index in [0.29, 0.717) is 17.5 Å². The van der Waals surface area contributed by atoms with Gasteiger partial charge in [-0.3, -0.25) is 4.79 Å². The first kappa shape index (κ1) is 15.4. The van der Waals surface area contributed by atoms with Crippen LogP contribution in [0, 0.1) is 17.8 Å². The Labute approximate surface area is 142 Å². The van der Waals surface area contributed by atoms with Crippen LogP contribution in [0.15, 0.2) is 41.0 Å². The summed E-state index contributed by atoms with van der Waals surface area (Å²) in [7, 11) is 0. The van der Waals surface area contributed by atoms with Gasteiger partial charge in [0.2, 0.25) is 11.8 Å². The van der Waals surface area contributed by atoms with Gasteiger partial charge in [0.25, 0.3) is 0 Å². The van der Waals surface area contributed by atoms with E-state index in [4.69, 9.17) is 4.42 Å². The Bertz CT molecular complexity index is 709. The van der Waals surface area contributed by atoms with E-state index in [-0.39, 0.29) is 18.4 Å². The highest BCUT2D eigenvalue weighted by molar-refractivity contribution is 5.78. The normalized spacial score (nSPS) is 26.5. The zero-order valence-corrected chi connectivity index (χ0v) is 14.1. The molecule has 126 valence electrons. The first-order valence-corrected chi connectivity index (χ1v) is 8.98. The van der Waals surface area contributed by atoms with Crippen LogP contribution in [0.3, 0.4) is 0 Å².